The number of carbonyl (C=O) groups excluding carboxylic acids is 1. The Balaban J connectivity index is 0.000000271. The molecule has 180 valence electrons. The van der Waals surface area contributed by atoms with Gasteiger partial charge >= 0.3 is 0 Å². The van der Waals surface area contributed by atoms with Crippen LogP contribution in [0.15, 0.2) is 66.7 Å². The quantitative estimate of drug-likeness (QED) is 0.511. The summed E-state index contributed by atoms with van der Waals surface area (Å²) in [6.07, 6.45) is 3.21. The minimum atomic E-state index is 0.126. The molecule has 1 unspecified atom stereocenters. The van der Waals surface area contributed by atoms with Crippen LogP contribution in [-0.2, 0) is 16.0 Å². The predicted octanol–water partition coefficient (Wildman–Crippen LogP) is 5.24. The molecule has 3 aromatic carbocycles. The Kier molecular flexibility index (Phi) is 8.02. The highest BCUT2D eigenvalue weighted by Gasteiger charge is 2.20. The number of ether oxygens (including phenoxy) is 1. The molecule has 1 amide bonds. The van der Waals surface area contributed by atoms with E-state index in [2.05, 4.69) is 47.8 Å². The number of aryl methyl sites for hydroxylation is 1. The van der Waals surface area contributed by atoms with Gasteiger partial charge in [-0.1, -0.05) is 18.2 Å². The van der Waals surface area contributed by atoms with Gasteiger partial charge in [-0.3, -0.25) is 4.79 Å². The normalized spacial score (nSPS) is 16.5. The lowest BCUT2D eigenvalue weighted by Crippen LogP contribution is -2.33. The monoisotopic (exact) mass is 468 g/mol. The summed E-state index contributed by atoms with van der Waals surface area (Å²) < 4.78 is 5.45. The highest BCUT2D eigenvalue weighted by atomic mass is 16.5. The average Bonchev–Trinajstić information content (AvgIpc) is 3.41. The summed E-state index contributed by atoms with van der Waals surface area (Å²) in [5, 5.41) is 11.9. The number of nitrogens with zero attached hydrogens (tertiary/aromatic N) is 2. The number of fused-ring (bicyclic) bond motifs is 1. The molecule has 1 saturated heterocycles. The Morgan fingerprint density at radius 3 is 2.66 bits per heavy atom. The molecule has 35 heavy (non-hydrogen) atoms. The van der Waals surface area contributed by atoms with Gasteiger partial charge in [-0.05, 0) is 84.5 Å². The van der Waals surface area contributed by atoms with Crippen molar-refractivity contribution in [2.24, 2.45) is 5.92 Å². The van der Waals surface area contributed by atoms with Crippen LogP contribution in [0.3, 0.4) is 0 Å². The lowest BCUT2D eigenvalue weighted by atomic mass is 9.96. The van der Waals surface area contributed by atoms with E-state index in [4.69, 9.17) is 15.7 Å². The molecule has 2 aliphatic heterocycles. The zero-order valence-electron chi connectivity index (χ0n) is 20.2. The third kappa shape index (κ3) is 6.40. The maximum Gasteiger partial charge on any atom is 0.223 e. The van der Waals surface area contributed by atoms with Gasteiger partial charge < -0.3 is 20.7 Å². The molecule has 6 nitrogen and oxygen atoms in total. The molecule has 0 radical (unpaired) electrons. The van der Waals surface area contributed by atoms with Crippen LogP contribution in [-0.4, -0.2) is 32.2 Å². The number of nitriles is 1. The first kappa shape index (κ1) is 24.3. The maximum atomic E-state index is 11.9. The Morgan fingerprint density at radius 1 is 1.14 bits per heavy atom. The van der Waals surface area contributed by atoms with Gasteiger partial charge in [0.2, 0.25) is 5.91 Å². The molecule has 3 N–H and O–H groups in total. The number of nitrogens with two attached hydrogens (primary N) is 1. The Labute approximate surface area is 207 Å². The number of rotatable bonds is 4. The van der Waals surface area contributed by atoms with Crippen molar-refractivity contribution < 1.29 is 9.53 Å². The second kappa shape index (κ2) is 11.5. The third-order valence-electron chi connectivity index (χ3n) is 6.43. The van der Waals surface area contributed by atoms with Crippen molar-refractivity contribution in [2.75, 3.05) is 42.3 Å². The second-order valence-electron chi connectivity index (χ2n) is 9.04. The summed E-state index contributed by atoms with van der Waals surface area (Å²) in [7, 11) is 0. The van der Waals surface area contributed by atoms with Gasteiger partial charge in [0.25, 0.3) is 0 Å². The van der Waals surface area contributed by atoms with Crippen LogP contribution in [0.2, 0.25) is 0 Å². The first-order valence-corrected chi connectivity index (χ1v) is 12.1. The van der Waals surface area contributed by atoms with Crippen molar-refractivity contribution in [3.05, 3.63) is 77.9 Å². The maximum absolute atomic E-state index is 11.9. The van der Waals surface area contributed by atoms with Crippen LogP contribution in [0.4, 0.5) is 17.1 Å². The van der Waals surface area contributed by atoms with Gasteiger partial charge in [-0.15, -0.1) is 0 Å². The van der Waals surface area contributed by atoms with Crippen LogP contribution < -0.4 is 16.0 Å². The topological polar surface area (TPSA) is 91.4 Å². The van der Waals surface area contributed by atoms with E-state index in [-0.39, 0.29) is 5.91 Å². The molecule has 3 aromatic rings. The zero-order valence-corrected chi connectivity index (χ0v) is 20.2. The van der Waals surface area contributed by atoms with Crippen LogP contribution in [0.5, 0.6) is 0 Å². The second-order valence-corrected chi connectivity index (χ2v) is 9.04. The van der Waals surface area contributed by atoms with E-state index >= 15 is 0 Å². The van der Waals surface area contributed by atoms with E-state index < -0.39 is 0 Å². The first-order chi connectivity index (χ1) is 17.0. The standard InChI is InChI=1S/C22H26N2O2.C7H6N2/c1-16(25)24-10-3-5-20-12-19(7-8-22(20)24)18-4-2-6-21(13-18)23-14-17-9-11-26-15-17;8-5-6-1-3-7(9)4-2-6/h2,4,6-8,12-13,17,23H,3,5,9-11,14-15H2,1H3;1-4H,9H2. The third-order valence-corrected chi connectivity index (χ3v) is 6.43. The molecule has 1 atom stereocenters. The smallest absolute Gasteiger partial charge is 0.223 e. The summed E-state index contributed by atoms with van der Waals surface area (Å²) in [6, 6.07) is 23.8. The zero-order chi connectivity index (χ0) is 24.6. The van der Waals surface area contributed by atoms with Crippen molar-refractivity contribution in [2.45, 2.75) is 26.2 Å². The fraction of sp³-hybridized carbons (Fsp3) is 0.310. The number of nitrogens with one attached hydrogen (secondary N) is 1. The highest BCUT2D eigenvalue weighted by Crippen LogP contribution is 2.32. The van der Waals surface area contributed by atoms with Crippen molar-refractivity contribution in [1.29, 1.82) is 5.26 Å². The Bertz CT molecular complexity index is 1190. The predicted molar refractivity (Wildman–Crippen MR) is 141 cm³/mol. The fourth-order valence-electron chi connectivity index (χ4n) is 4.48. The highest BCUT2D eigenvalue weighted by molar-refractivity contribution is 5.93. The molecule has 0 spiro atoms. The number of carbonyl (C=O) groups is 1. The summed E-state index contributed by atoms with van der Waals surface area (Å²) in [6.45, 7) is 5.18. The Morgan fingerprint density at radius 2 is 1.94 bits per heavy atom. The van der Waals surface area contributed by atoms with Crippen LogP contribution in [0, 0.1) is 17.2 Å². The molecular weight excluding hydrogens is 436 g/mol. The molecule has 1 fully saturated rings. The largest absolute Gasteiger partial charge is 0.399 e. The van der Waals surface area contributed by atoms with Gasteiger partial charge in [-0.25, -0.2) is 0 Å². The van der Waals surface area contributed by atoms with Gasteiger partial charge in [0.15, 0.2) is 0 Å². The van der Waals surface area contributed by atoms with Gasteiger partial charge in [0.05, 0.1) is 18.2 Å². The van der Waals surface area contributed by atoms with E-state index in [0.29, 0.717) is 17.2 Å². The molecule has 6 heteroatoms. The van der Waals surface area contributed by atoms with E-state index in [9.17, 15) is 4.79 Å². The molecule has 0 bridgehead atoms. The van der Waals surface area contributed by atoms with Crippen molar-refractivity contribution in [3.63, 3.8) is 0 Å². The van der Waals surface area contributed by atoms with Crippen LogP contribution in [0.25, 0.3) is 11.1 Å². The molecular formula is C29H32N4O2. The van der Waals surface area contributed by atoms with Crippen molar-refractivity contribution in [3.8, 4) is 17.2 Å². The molecule has 0 aliphatic carbocycles. The number of benzene rings is 3. The molecule has 2 aliphatic rings. The number of hydrogen-bond donors (Lipinski definition) is 2. The minimum Gasteiger partial charge on any atom is -0.399 e. The lowest BCUT2D eigenvalue weighted by molar-refractivity contribution is -0.116. The summed E-state index contributed by atoms with van der Waals surface area (Å²) in [5.41, 5.74) is 12.6. The summed E-state index contributed by atoms with van der Waals surface area (Å²) >= 11 is 0. The van der Waals surface area contributed by atoms with Crippen molar-refractivity contribution >= 4 is 23.0 Å². The van der Waals surface area contributed by atoms with Crippen LogP contribution >= 0.6 is 0 Å². The average molecular weight is 469 g/mol. The fourth-order valence-corrected chi connectivity index (χ4v) is 4.48. The Hall–Kier alpha value is -3.82. The number of hydrogen-bond acceptors (Lipinski definition) is 5. The first-order valence-electron chi connectivity index (χ1n) is 12.1. The van der Waals surface area contributed by atoms with E-state index in [1.54, 1.807) is 31.2 Å². The molecule has 5 rings (SSSR count). The minimum absolute atomic E-state index is 0.126. The van der Waals surface area contributed by atoms with E-state index in [0.717, 1.165) is 56.9 Å². The number of anilines is 3. The van der Waals surface area contributed by atoms with E-state index in [1.165, 1.54) is 16.7 Å². The van der Waals surface area contributed by atoms with Gasteiger partial charge in [0.1, 0.15) is 0 Å². The number of amides is 1. The summed E-state index contributed by atoms with van der Waals surface area (Å²) in [5.74, 6) is 0.737. The lowest BCUT2D eigenvalue weighted by Gasteiger charge is -2.29. The SMILES string of the molecule is CC(=O)N1CCCc2cc(-c3cccc(NCC4CCOC4)c3)ccc21.N#Cc1ccc(N)cc1. The molecule has 0 saturated carbocycles. The van der Waals surface area contributed by atoms with Crippen LogP contribution in [0.1, 0.15) is 30.9 Å². The van der Waals surface area contributed by atoms with Crippen molar-refractivity contribution in [1.82, 2.24) is 0 Å². The van der Waals surface area contributed by atoms with E-state index in [1.807, 2.05) is 11.0 Å². The number of nitrogen functional groups attached to an aromatic ring is 1. The molecule has 0 aromatic heterocycles. The molecule has 2 heterocycles. The summed E-state index contributed by atoms with van der Waals surface area (Å²) in [4.78, 5) is 13.7. The van der Waals surface area contributed by atoms with Gasteiger partial charge in [0, 0.05) is 49.6 Å². The van der Waals surface area contributed by atoms with Gasteiger partial charge in [-0.2, -0.15) is 5.26 Å².